The second-order valence-corrected chi connectivity index (χ2v) is 21.2. The summed E-state index contributed by atoms with van der Waals surface area (Å²) < 4.78 is 56.4. The van der Waals surface area contributed by atoms with Crippen LogP contribution in [0.2, 0.25) is 0 Å². The fourth-order valence-corrected chi connectivity index (χ4v) is 10.6. The molecule has 0 bridgehead atoms. The first kappa shape index (κ1) is 54.7. The molecule has 0 atom stereocenters. The summed E-state index contributed by atoms with van der Waals surface area (Å²) in [6.07, 6.45) is 3.34. The van der Waals surface area contributed by atoms with Gasteiger partial charge in [-0.1, -0.05) is 73.7 Å². The molecule has 82 heavy (non-hydrogen) atoms. The standard InChI is InChI=1S/C21H21N5S.C19H13F3N4O2S.C19H15N5OS/c1-2-18-21(23-13-27-18)26-20-16-8-3-4-9-17(16)24-19(25-20)15-7-5-6-14(12-15)10-11-22;1-27-11-5-4-6-12(9-11)28-18-24-14-8-3-2-7-13(14)16(26-18)25-17-15(19(20,21)22)29-10-23-17;1-2-4-14-9-15(8-7-12(14)3-1)25-19-23-17(13-5-6-13)22-18(24-19)21-16-10-26-11-20-16/h5-7,12-13H,2-4,8-10H2,1H3,(H,24,25,26);2-10H,1H3,(H,24,25,26);1-4,7-11,13H,5-6H2,(H,21,22,23,24). The lowest BCUT2D eigenvalue weighted by Gasteiger charge is -2.20. The van der Waals surface area contributed by atoms with E-state index in [0.717, 1.165) is 89.5 Å². The van der Waals surface area contributed by atoms with E-state index >= 15 is 0 Å². The monoisotopic (exact) mass is 1150 g/mol. The third-order valence-electron chi connectivity index (χ3n) is 12.9. The number of para-hydroxylation sites is 1. The molecule has 17 nitrogen and oxygen atoms in total. The highest BCUT2D eigenvalue weighted by Gasteiger charge is 2.36. The van der Waals surface area contributed by atoms with Gasteiger partial charge in [-0.25, -0.2) is 24.9 Å². The average Bonchev–Trinajstić information content (AvgIpc) is 3.95. The molecule has 13 rings (SSSR count). The van der Waals surface area contributed by atoms with Gasteiger partial charge in [-0.2, -0.15) is 43.4 Å². The van der Waals surface area contributed by atoms with Crippen LogP contribution < -0.4 is 30.2 Å². The number of aromatic nitrogens is 10. The highest BCUT2D eigenvalue weighted by molar-refractivity contribution is 7.10. The molecule has 0 unspecified atom stereocenters. The average molecular weight is 1160 g/mol. The largest absolute Gasteiger partial charge is 0.497 e. The Balaban J connectivity index is 0.000000129. The van der Waals surface area contributed by atoms with Crippen LogP contribution in [0.25, 0.3) is 33.1 Å². The predicted molar refractivity (Wildman–Crippen MR) is 312 cm³/mol. The van der Waals surface area contributed by atoms with E-state index in [2.05, 4.69) is 80.9 Å². The summed E-state index contributed by atoms with van der Waals surface area (Å²) in [6, 6.07) is 38.3. The van der Waals surface area contributed by atoms with Crippen molar-refractivity contribution >= 4 is 90.7 Å². The number of nitrogens with zero attached hydrogens (tertiary/aromatic N) is 11. The van der Waals surface area contributed by atoms with Crippen molar-refractivity contribution in [2.75, 3.05) is 23.1 Å². The first-order valence-corrected chi connectivity index (χ1v) is 28.8. The number of alkyl halides is 3. The van der Waals surface area contributed by atoms with E-state index in [9.17, 15) is 13.2 Å². The maximum atomic E-state index is 13.2. The second kappa shape index (κ2) is 25.1. The molecule has 2 aliphatic carbocycles. The number of rotatable bonds is 15. The van der Waals surface area contributed by atoms with Gasteiger partial charge in [0.25, 0.3) is 0 Å². The summed E-state index contributed by atoms with van der Waals surface area (Å²) in [5.74, 6) is 6.39. The minimum atomic E-state index is -4.52. The number of benzene rings is 5. The molecule has 6 aromatic heterocycles. The number of methoxy groups -OCH3 is 1. The Morgan fingerprint density at radius 2 is 1.41 bits per heavy atom. The van der Waals surface area contributed by atoms with E-state index in [1.807, 2.05) is 65.5 Å². The van der Waals surface area contributed by atoms with Crippen LogP contribution >= 0.6 is 34.0 Å². The van der Waals surface area contributed by atoms with Gasteiger partial charge >= 0.3 is 18.2 Å². The van der Waals surface area contributed by atoms with E-state index in [0.29, 0.717) is 69.6 Å². The molecule has 1 saturated carbocycles. The van der Waals surface area contributed by atoms with Crippen LogP contribution in [0.3, 0.4) is 0 Å². The maximum absolute atomic E-state index is 13.2. The molecule has 6 heterocycles. The van der Waals surface area contributed by atoms with E-state index < -0.39 is 11.1 Å². The van der Waals surface area contributed by atoms with Crippen LogP contribution in [0.1, 0.15) is 70.9 Å². The summed E-state index contributed by atoms with van der Waals surface area (Å²) >= 11 is 3.68. The van der Waals surface area contributed by atoms with Gasteiger partial charge in [0.15, 0.2) is 16.5 Å². The molecule has 0 spiro atoms. The summed E-state index contributed by atoms with van der Waals surface area (Å²) in [5.41, 5.74) is 9.56. The number of aryl methyl sites for hydroxylation is 2. The zero-order valence-corrected chi connectivity index (χ0v) is 46.5. The number of hydrogen-bond acceptors (Lipinski definition) is 20. The number of hydrogen-bond donors (Lipinski definition) is 3. The highest BCUT2D eigenvalue weighted by atomic mass is 32.1. The highest BCUT2D eigenvalue weighted by Crippen LogP contribution is 2.41. The van der Waals surface area contributed by atoms with Crippen molar-refractivity contribution in [3.8, 4) is 46.7 Å². The Bertz CT molecular complexity index is 4060. The van der Waals surface area contributed by atoms with Gasteiger partial charge in [-0.15, -0.1) is 34.0 Å². The van der Waals surface area contributed by atoms with Crippen molar-refractivity contribution in [1.29, 1.82) is 5.26 Å². The molecule has 412 valence electrons. The molecule has 0 aliphatic heterocycles. The molecule has 1 fully saturated rings. The fourth-order valence-electron chi connectivity index (χ4n) is 8.81. The maximum Gasteiger partial charge on any atom is 0.429 e. The Morgan fingerprint density at radius 1 is 0.659 bits per heavy atom. The Kier molecular flexibility index (Phi) is 16.7. The lowest BCUT2D eigenvalue weighted by molar-refractivity contribution is -0.133. The van der Waals surface area contributed by atoms with Crippen LogP contribution in [-0.2, 0) is 31.9 Å². The number of nitrogens with one attached hydrogen (secondary N) is 3. The van der Waals surface area contributed by atoms with Crippen LogP contribution in [0.5, 0.6) is 29.3 Å². The Labute approximate surface area is 480 Å². The number of halogens is 3. The van der Waals surface area contributed by atoms with Crippen molar-refractivity contribution in [1.82, 2.24) is 49.8 Å². The molecule has 0 radical (unpaired) electrons. The first-order valence-electron chi connectivity index (χ1n) is 26.1. The molecular formula is C59H49F3N14O3S3. The Hall–Kier alpha value is -9.24. The van der Waals surface area contributed by atoms with Gasteiger partial charge < -0.3 is 30.2 Å². The lowest BCUT2D eigenvalue weighted by atomic mass is 9.96. The zero-order valence-electron chi connectivity index (χ0n) is 44.0. The second-order valence-electron chi connectivity index (χ2n) is 18.7. The van der Waals surface area contributed by atoms with Crippen molar-refractivity contribution in [2.24, 2.45) is 0 Å². The number of ether oxygens (including phenoxy) is 3. The lowest BCUT2D eigenvalue weighted by Crippen LogP contribution is -2.12. The van der Waals surface area contributed by atoms with Crippen molar-refractivity contribution < 1.29 is 27.4 Å². The van der Waals surface area contributed by atoms with Crippen molar-refractivity contribution in [3.63, 3.8) is 0 Å². The van der Waals surface area contributed by atoms with E-state index in [-0.39, 0.29) is 17.6 Å². The van der Waals surface area contributed by atoms with Crippen LogP contribution in [0.4, 0.5) is 48.2 Å². The molecule has 11 aromatic rings. The third kappa shape index (κ3) is 13.5. The normalized spacial score (nSPS) is 12.7. The molecule has 0 saturated heterocycles. The van der Waals surface area contributed by atoms with Crippen LogP contribution in [-0.4, -0.2) is 56.9 Å². The molecule has 2 aliphatic rings. The number of nitriles is 1. The third-order valence-corrected chi connectivity index (χ3v) is 15.4. The smallest absolute Gasteiger partial charge is 0.429 e. The van der Waals surface area contributed by atoms with Crippen molar-refractivity contribution in [3.05, 3.63) is 170 Å². The molecular weight excluding hydrogens is 1110 g/mol. The first-order chi connectivity index (χ1) is 40.0. The molecule has 5 aromatic carbocycles. The summed E-state index contributed by atoms with van der Waals surface area (Å²) in [7, 11) is 1.53. The van der Waals surface area contributed by atoms with Gasteiger partial charge in [0.1, 0.15) is 46.3 Å². The molecule has 23 heteroatoms. The quantitative estimate of drug-likeness (QED) is 0.0869. The van der Waals surface area contributed by atoms with Crippen LogP contribution in [0, 0.1) is 11.3 Å². The number of fused-ring (bicyclic) bond motifs is 3. The predicted octanol–water partition coefficient (Wildman–Crippen LogP) is 15.4. The topological polar surface area (TPSA) is 216 Å². The number of thiazole rings is 3. The molecule has 3 N–H and O–H groups in total. The van der Waals surface area contributed by atoms with Crippen LogP contribution in [0.15, 0.2) is 137 Å². The van der Waals surface area contributed by atoms with E-state index in [1.165, 1.54) is 40.7 Å². The SMILES string of the molecule is CCc1scnc1Nc1nc(-c2cccc(CC#N)c2)nc2c1CCCC2.COc1cccc(Oc2nc(Nc3ncsc3C(F)(F)F)c3ccccc3n2)c1.c1ccc2cc(Oc3nc(Nc4cscn4)nc(C4CC4)n3)ccc2c1. The summed E-state index contributed by atoms with van der Waals surface area (Å²) in [5, 5.41) is 23.0. The van der Waals surface area contributed by atoms with E-state index in [1.54, 1.807) is 65.4 Å². The van der Waals surface area contributed by atoms with Gasteiger partial charge in [0.2, 0.25) is 5.95 Å². The zero-order chi connectivity index (χ0) is 56.4. The minimum absolute atomic E-state index is 0.0248. The van der Waals surface area contributed by atoms with Gasteiger partial charge in [0, 0.05) is 44.4 Å². The van der Waals surface area contributed by atoms with Crippen molar-refractivity contribution in [2.45, 2.75) is 70.4 Å². The minimum Gasteiger partial charge on any atom is -0.497 e. The van der Waals surface area contributed by atoms with Gasteiger partial charge in [-0.05, 0) is 104 Å². The summed E-state index contributed by atoms with van der Waals surface area (Å²) in [6.45, 7) is 2.14. The van der Waals surface area contributed by atoms with Gasteiger partial charge in [0.05, 0.1) is 41.6 Å². The Morgan fingerprint density at radius 3 is 2.22 bits per heavy atom. The number of anilines is 6. The van der Waals surface area contributed by atoms with E-state index in [4.69, 9.17) is 29.4 Å². The van der Waals surface area contributed by atoms with Gasteiger partial charge in [-0.3, -0.25) is 0 Å². The summed E-state index contributed by atoms with van der Waals surface area (Å²) in [4.78, 5) is 44.6. The molecule has 0 amide bonds. The fraction of sp³-hybridized carbons (Fsp3) is 0.203.